The van der Waals surface area contributed by atoms with Gasteiger partial charge in [0.2, 0.25) is 0 Å². The van der Waals surface area contributed by atoms with Crippen LogP contribution >= 0.6 is 11.3 Å². The van der Waals surface area contributed by atoms with Gasteiger partial charge in [-0.25, -0.2) is 4.98 Å². The van der Waals surface area contributed by atoms with Gasteiger partial charge in [0, 0.05) is 10.8 Å². The Hall–Kier alpha value is -0.410. The maximum atomic E-state index is 9.09. The zero-order valence-corrected chi connectivity index (χ0v) is 8.61. The lowest BCUT2D eigenvalue weighted by atomic mass is 10.1. The summed E-state index contributed by atoms with van der Waals surface area (Å²) >= 11 is 1.70. The van der Waals surface area contributed by atoms with Gasteiger partial charge in [0.1, 0.15) is 0 Å². The molecule has 0 amide bonds. The van der Waals surface area contributed by atoms with Gasteiger partial charge in [0.25, 0.3) is 0 Å². The van der Waals surface area contributed by atoms with Gasteiger partial charge in [-0.1, -0.05) is 6.92 Å². The number of nitrogens with zero attached hydrogens (tertiary/aromatic N) is 1. The molecular weight excluding hydrogens is 170 g/mol. The summed E-state index contributed by atoms with van der Waals surface area (Å²) in [5.41, 5.74) is 1.08. The molecule has 0 radical (unpaired) electrons. The normalized spacial score (nSPS) is 13.3. The first-order valence-electron chi connectivity index (χ1n) is 4.23. The third kappa shape index (κ3) is 1.84. The molecule has 1 N–H and O–H groups in total. The Labute approximate surface area is 77.3 Å². The SMILES string of the molecule is CCC(CO)c1sc(C)nc1C. The topological polar surface area (TPSA) is 33.1 Å². The number of thiazole rings is 1. The van der Waals surface area contributed by atoms with Crippen molar-refractivity contribution in [3.63, 3.8) is 0 Å². The van der Waals surface area contributed by atoms with Crippen LogP contribution in [-0.2, 0) is 0 Å². The lowest BCUT2D eigenvalue weighted by Crippen LogP contribution is -2.01. The summed E-state index contributed by atoms with van der Waals surface area (Å²) in [6.45, 7) is 6.34. The lowest BCUT2D eigenvalue weighted by molar-refractivity contribution is 0.263. The molecule has 3 heteroatoms. The molecule has 0 saturated carbocycles. The summed E-state index contributed by atoms with van der Waals surface area (Å²) in [4.78, 5) is 5.58. The maximum absolute atomic E-state index is 9.09. The van der Waals surface area contributed by atoms with Crippen LogP contribution < -0.4 is 0 Å². The number of aromatic nitrogens is 1. The molecule has 0 aliphatic heterocycles. The Bertz CT molecular complexity index is 253. The first kappa shape index (κ1) is 9.68. The molecule has 1 atom stereocenters. The Morgan fingerprint density at radius 2 is 2.17 bits per heavy atom. The Balaban J connectivity index is 2.91. The van der Waals surface area contributed by atoms with E-state index in [2.05, 4.69) is 11.9 Å². The van der Waals surface area contributed by atoms with Gasteiger partial charge in [-0.05, 0) is 20.3 Å². The van der Waals surface area contributed by atoms with Crippen molar-refractivity contribution in [3.05, 3.63) is 15.6 Å². The summed E-state index contributed by atoms with van der Waals surface area (Å²) in [5.74, 6) is 0.288. The molecule has 0 saturated heterocycles. The van der Waals surface area contributed by atoms with Crippen LogP contribution in [0.4, 0.5) is 0 Å². The fourth-order valence-corrected chi connectivity index (χ4v) is 2.43. The van der Waals surface area contributed by atoms with Crippen LogP contribution in [0, 0.1) is 13.8 Å². The minimum atomic E-state index is 0.235. The molecular formula is C9H15NOS. The van der Waals surface area contributed by atoms with Gasteiger partial charge >= 0.3 is 0 Å². The van der Waals surface area contributed by atoms with E-state index in [1.807, 2.05) is 13.8 Å². The van der Waals surface area contributed by atoms with E-state index in [4.69, 9.17) is 5.11 Å². The van der Waals surface area contributed by atoms with E-state index >= 15 is 0 Å². The van der Waals surface area contributed by atoms with E-state index in [0.29, 0.717) is 0 Å². The highest BCUT2D eigenvalue weighted by Gasteiger charge is 2.14. The summed E-state index contributed by atoms with van der Waals surface area (Å²) in [6.07, 6.45) is 0.985. The minimum absolute atomic E-state index is 0.235. The molecule has 0 aliphatic rings. The second kappa shape index (κ2) is 4.01. The molecule has 1 rings (SSSR count). The van der Waals surface area contributed by atoms with E-state index in [9.17, 15) is 0 Å². The number of aliphatic hydroxyl groups is 1. The highest BCUT2D eigenvalue weighted by molar-refractivity contribution is 7.11. The van der Waals surface area contributed by atoms with Gasteiger partial charge < -0.3 is 5.11 Å². The predicted octanol–water partition coefficient (Wildman–Crippen LogP) is 2.25. The molecule has 2 nitrogen and oxygen atoms in total. The first-order chi connectivity index (χ1) is 5.69. The average molecular weight is 185 g/mol. The Morgan fingerprint density at radius 1 is 1.50 bits per heavy atom. The zero-order chi connectivity index (χ0) is 9.14. The van der Waals surface area contributed by atoms with Gasteiger partial charge in [-0.3, -0.25) is 0 Å². The molecule has 0 spiro atoms. The Morgan fingerprint density at radius 3 is 2.50 bits per heavy atom. The molecule has 12 heavy (non-hydrogen) atoms. The number of aliphatic hydroxyl groups excluding tert-OH is 1. The largest absolute Gasteiger partial charge is 0.396 e. The van der Waals surface area contributed by atoms with Crippen molar-refractivity contribution in [2.75, 3.05) is 6.61 Å². The fourth-order valence-electron chi connectivity index (χ4n) is 1.32. The zero-order valence-electron chi connectivity index (χ0n) is 7.79. The molecule has 0 aromatic carbocycles. The van der Waals surface area contributed by atoms with Crippen molar-refractivity contribution in [2.24, 2.45) is 0 Å². The van der Waals surface area contributed by atoms with E-state index in [0.717, 1.165) is 17.1 Å². The van der Waals surface area contributed by atoms with Crippen molar-refractivity contribution >= 4 is 11.3 Å². The van der Waals surface area contributed by atoms with Crippen LogP contribution in [0.2, 0.25) is 0 Å². The van der Waals surface area contributed by atoms with Crippen molar-refractivity contribution in [1.82, 2.24) is 4.98 Å². The molecule has 68 valence electrons. The number of hydrogen-bond acceptors (Lipinski definition) is 3. The minimum Gasteiger partial charge on any atom is -0.396 e. The smallest absolute Gasteiger partial charge is 0.0900 e. The highest BCUT2D eigenvalue weighted by atomic mass is 32.1. The number of rotatable bonds is 3. The Kier molecular flexibility index (Phi) is 3.23. The van der Waals surface area contributed by atoms with Crippen LogP contribution in [0.15, 0.2) is 0 Å². The van der Waals surface area contributed by atoms with Crippen molar-refractivity contribution in [1.29, 1.82) is 0 Å². The molecule has 1 aromatic heterocycles. The van der Waals surface area contributed by atoms with E-state index in [1.165, 1.54) is 4.88 Å². The highest BCUT2D eigenvalue weighted by Crippen LogP contribution is 2.27. The molecule has 1 unspecified atom stereocenters. The molecule has 0 fully saturated rings. The van der Waals surface area contributed by atoms with E-state index in [-0.39, 0.29) is 12.5 Å². The lowest BCUT2D eigenvalue weighted by Gasteiger charge is -2.08. The molecule has 1 heterocycles. The summed E-state index contributed by atoms with van der Waals surface area (Å²) < 4.78 is 0. The van der Waals surface area contributed by atoms with Crippen LogP contribution in [0.3, 0.4) is 0 Å². The standard InChI is InChI=1S/C9H15NOS/c1-4-8(5-11)9-6(2)10-7(3)12-9/h8,11H,4-5H2,1-3H3. The van der Waals surface area contributed by atoms with Crippen molar-refractivity contribution in [2.45, 2.75) is 33.1 Å². The van der Waals surface area contributed by atoms with Crippen LogP contribution in [0.25, 0.3) is 0 Å². The van der Waals surface area contributed by atoms with Gasteiger partial charge in [0.05, 0.1) is 17.3 Å². The van der Waals surface area contributed by atoms with Crippen LogP contribution in [0.5, 0.6) is 0 Å². The predicted molar refractivity (Wildman–Crippen MR) is 51.7 cm³/mol. The summed E-state index contributed by atoms with van der Waals surface area (Å²) in [7, 11) is 0. The van der Waals surface area contributed by atoms with Crippen molar-refractivity contribution in [3.8, 4) is 0 Å². The van der Waals surface area contributed by atoms with E-state index in [1.54, 1.807) is 11.3 Å². The quantitative estimate of drug-likeness (QED) is 0.783. The number of hydrogen-bond donors (Lipinski definition) is 1. The third-order valence-electron chi connectivity index (χ3n) is 2.02. The van der Waals surface area contributed by atoms with E-state index < -0.39 is 0 Å². The third-order valence-corrected chi connectivity index (χ3v) is 3.26. The maximum Gasteiger partial charge on any atom is 0.0900 e. The second-order valence-electron chi connectivity index (χ2n) is 2.97. The summed E-state index contributed by atoms with van der Waals surface area (Å²) in [5, 5.41) is 10.2. The molecule has 0 aliphatic carbocycles. The molecule has 0 bridgehead atoms. The average Bonchev–Trinajstić information content (AvgIpc) is 2.34. The molecule has 1 aromatic rings. The monoisotopic (exact) mass is 185 g/mol. The van der Waals surface area contributed by atoms with Gasteiger partial charge in [0.15, 0.2) is 0 Å². The van der Waals surface area contributed by atoms with Crippen molar-refractivity contribution < 1.29 is 5.11 Å². The first-order valence-corrected chi connectivity index (χ1v) is 5.05. The van der Waals surface area contributed by atoms with Gasteiger partial charge in [-0.15, -0.1) is 11.3 Å². The van der Waals surface area contributed by atoms with Crippen LogP contribution in [-0.4, -0.2) is 16.7 Å². The second-order valence-corrected chi connectivity index (χ2v) is 4.21. The van der Waals surface area contributed by atoms with Gasteiger partial charge in [-0.2, -0.15) is 0 Å². The van der Waals surface area contributed by atoms with Crippen LogP contribution in [0.1, 0.15) is 34.8 Å². The number of aryl methyl sites for hydroxylation is 2. The summed E-state index contributed by atoms with van der Waals surface area (Å²) in [6, 6.07) is 0. The fraction of sp³-hybridized carbons (Fsp3) is 0.667.